The van der Waals surface area contributed by atoms with Gasteiger partial charge in [-0.05, 0) is 23.8 Å². The third-order valence-electron chi connectivity index (χ3n) is 4.51. The first-order valence-corrected chi connectivity index (χ1v) is 9.97. The first-order valence-electron chi connectivity index (χ1n) is 8.42. The number of H-pyrrole nitrogens is 1. The Kier molecular flexibility index (Phi) is 4.39. The van der Waals surface area contributed by atoms with Gasteiger partial charge in [0.2, 0.25) is 16.0 Å². The molecule has 0 radical (unpaired) electrons. The lowest BCUT2D eigenvalue weighted by atomic mass is 10.1. The molecule has 1 aliphatic rings. The van der Waals surface area contributed by atoms with E-state index < -0.39 is 10.0 Å². The smallest absolute Gasteiger partial charge is 0.238 e. The Labute approximate surface area is 151 Å². The van der Waals surface area contributed by atoms with Crippen LogP contribution in [0, 0.1) is 0 Å². The van der Waals surface area contributed by atoms with Crippen LogP contribution in [0.4, 0.5) is 5.95 Å². The van der Waals surface area contributed by atoms with Gasteiger partial charge >= 0.3 is 0 Å². The lowest BCUT2D eigenvalue weighted by Gasteiger charge is -2.32. The molecule has 0 bridgehead atoms. The fourth-order valence-corrected chi connectivity index (χ4v) is 3.75. The zero-order valence-corrected chi connectivity index (χ0v) is 14.9. The van der Waals surface area contributed by atoms with Crippen LogP contribution in [0.5, 0.6) is 0 Å². The van der Waals surface area contributed by atoms with E-state index in [-0.39, 0.29) is 11.0 Å². The third kappa shape index (κ3) is 3.57. The summed E-state index contributed by atoms with van der Waals surface area (Å²) >= 11 is 0. The second-order valence-electron chi connectivity index (χ2n) is 6.41. The normalized spacial score (nSPS) is 18.3. The van der Waals surface area contributed by atoms with E-state index >= 15 is 0 Å². The quantitative estimate of drug-likeness (QED) is 0.725. The molecule has 0 amide bonds. The van der Waals surface area contributed by atoms with Crippen molar-refractivity contribution < 1.29 is 13.2 Å². The number of morpholine rings is 1. The van der Waals surface area contributed by atoms with Crippen LogP contribution in [0.25, 0.3) is 11.0 Å². The fraction of sp³-hybridized carbons (Fsp3) is 0.278. The van der Waals surface area contributed by atoms with E-state index in [4.69, 9.17) is 9.88 Å². The van der Waals surface area contributed by atoms with Gasteiger partial charge in [0.1, 0.15) is 0 Å². The molecule has 2 aromatic carbocycles. The Hall–Kier alpha value is -2.42. The Balaban J connectivity index is 1.54. The molecule has 7 nitrogen and oxygen atoms in total. The SMILES string of the molecule is NS(=O)(=O)c1ccc2nc(N3CCOC(Cc4ccccc4)C3)[nH]c2c1. The third-order valence-corrected chi connectivity index (χ3v) is 5.42. The summed E-state index contributed by atoms with van der Waals surface area (Å²) in [6.45, 7) is 2.07. The van der Waals surface area contributed by atoms with Crippen LogP contribution >= 0.6 is 0 Å². The van der Waals surface area contributed by atoms with Gasteiger partial charge in [0.25, 0.3) is 0 Å². The molecule has 136 valence electrons. The monoisotopic (exact) mass is 372 g/mol. The molecule has 26 heavy (non-hydrogen) atoms. The average molecular weight is 372 g/mol. The van der Waals surface area contributed by atoms with Gasteiger partial charge in [0.15, 0.2) is 0 Å². The van der Waals surface area contributed by atoms with Crippen molar-refractivity contribution in [2.75, 3.05) is 24.6 Å². The highest BCUT2D eigenvalue weighted by molar-refractivity contribution is 7.89. The Bertz CT molecular complexity index is 1020. The maximum atomic E-state index is 11.5. The summed E-state index contributed by atoms with van der Waals surface area (Å²) in [6, 6.07) is 14.9. The van der Waals surface area contributed by atoms with E-state index in [0.717, 1.165) is 19.5 Å². The van der Waals surface area contributed by atoms with E-state index in [1.54, 1.807) is 6.07 Å². The van der Waals surface area contributed by atoms with Gasteiger partial charge in [-0.15, -0.1) is 0 Å². The van der Waals surface area contributed by atoms with Crippen LogP contribution in [0.1, 0.15) is 5.56 Å². The van der Waals surface area contributed by atoms with Crippen LogP contribution in [0.15, 0.2) is 53.4 Å². The number of anilines is 1. The minimum Gasteiger partial charge on any atom is -0.374 e. The topological polar surface area (TPSA) is 101 Å². The minimum absolute atomic E-state index is 0.0733. The predicted molar refractivity (Wildman–Crippen MR) is 99.6 cm³/mol. The molecule has 0 spiro atoms. The number of hydrogen-bond acceptors (Lipinski definition) is 5. The lowest BCUT2D eigenvalue weighted by Crippen LogP contribution is -2.43. The van der Waals surface area contributed by atoms with Gasteiger partial charge in [-0.1, -0.05) is 30.3 Å². The van der Waals surface area contributed by atoms with E-state index in [0.29, 0.717) is 23.6 Å². The van der Waals surface area contributed by atoms with E-state index in [1.165, 1.54) is 17.7 Å². The van der Waals surface area contributed by atoms with Crippen molar-refractivity contribution in [2.24, 2.45) is 5.14 Å². The Morgan fingerprint density at radius 2 is 2.04 bits per heavy atom. The molecule has 1 saturated heterocycles. The van der Waals surface area contributed by atoms with Gasteiger partial charge in [-0.2, -0.15) is 0 Å². The standard InChI is InChI=1S/C18H20N4O3S/c19-26(23,24)15-6-7-16-17(11-15)21-18(20-16)22-8-9-25-14(12-22)10-13-4-2-1-3-5-13/h1-7,11,14H,8-10,12H2,(H,20,21)(H2,19,23,24). The molecule has 3 aromatic rings. The van der Waals surface area contributed by atoms with Crippen LogP contribution in [-0.2, 0) is 21.2 Å². The van der Waals surface area contributed by atoms with Crippen molar-refractivity contribution in [1.82, 2.24) is 9.97 Å². The second-order valence-corrected chi connectivity index (χ2v) is 7.97. The summed E-state index contributed by atoms with van der Waals surface area (Å²) in [7, 11) is -3.73. The molecule has 0 aliphatic carbocycles. The summed E-state index contributed by atoms with van der Waals surface area (Å²) in [6.07, 6.45) is 0.923. The number of aromatic amines is 1. The van der Waals surface area contributed by atoms with E-state index in [9.17, 15) is 8.42 Å². The van der Waals surface area contributed by atoms with Gasteiger partial charge < -0.3 is 14.6 Å². The summed E-state index contributed by atoms with van der Waals surface area (Å²) in [4.78, 5) is 9.99. The van der Waals surface area contributed by atoms with Crippen LogP contribution in [-0.4, -0.2) is 44.2 Å². The molecule has 1 aliphatic heterocycles. The molecule has 3 N–H and O–H groups in total. The van der Waals surface area contributed by atoms with Crippen molar-refractivity contribution in [1.29, 1.82) is 0 Å². The summed E-state index contributed by atoms with van der Waals surface area (Å²) < 4.78 is 28.9. The van der Waals surface area contributed by atoms with Crippen molar-refractivity contribution in [2.45, 2.75) is 17.4 Å². The highest BCUT2D eigenvalue weighted by Crippen LogP contribution is 2.22. The molecular formula is C18H20N4O3S. The number of nitrogens with one attached hydrogen (secondary N) is 1. The zero-order valence-electron chi connectivity index (χ0n) is 14.1. The fourth-order valence-electron chi connectivity index (χ4n) is 3.21. The van der Waals surface area contributed by atoms with Crippen molar-refractivity contribution >= 4 is 27.0 Å². The molecule has 1 fully saturated rings. The molecule has 1 unspecified atom stereocenters. The average Bonchev–Trinajstić information content (AvgIpc) is 3.05. The van der Waals surface area contributed by atoms with Crippen LogP contribution in [0.2, 0.25) is 0 Å². The molecule has 1 aromatic heterocycles. The van der Waals surface area contributed by atoms with Crippen molar-refractivity contribution in [3.8, 4) is 0 Å². The number of rotatable bonds is 4. The molecule has 8 heteroatoms. The zero-order chi connectivity index (χ0) is 18.1. The summed E-state index contributed by atoms with van der Waals surface area (Å²) in [5, 5.41) is 5.20. The second kappa shape index (κ2) is 6.71. The van der Waals surface area contributed by atoms with Crippen LogP contribution < -0.4 is 10.0 Å². The number of nitrogens with two attached hydrogens (primary N) is 1. The minimum atomic E-state index is -3.73. The first-order chi connectivity index (χ1) is 12.5. The molecule has 1 atom stereocenters. The highest BCUT2D eigenvalue weighted by Gasteiger charge is 2.23. The number of primary sulfonamides is 1. The Morgan fingerprint density at radius 1 is 1.23 bits per heavy atom. The number of imidazole rings is 1. The van der Waals surface area contributed by atoms with Crippen molar-refractivity contribution in [3.05, 3.63) is 54.1 Å². The van der Waals surface area contributed by atoms with E-state index in [1.807, 2.05) is 18.2 Å². The number of benzene rings is 2. The van der Waals surface area contributed by atoms with Crippen LogP contribution in [0.3, 0.4) is 0 Å². The highest BCUT2D eigenvalue weighted by atomic mass is 32.2. The predicted octanol–water partition coefficient (Wildman–Crippen LogP) is 1.66. The molecule has 0 saturated carbocycles. The summed E-state index contributed by atoms with van der Waals surface area (Å²) in [5.74, 6) is 0.716. The van der Waals surface area contributed by atoms with Gasteiger partial charge in [0, 0.05) is 19.5 Å². The number of nitrogens with zero attached hydrogens (tertiary/aromatic N) is 2. The number of sulfonamides is 1. The number of ether oxygens (including phenoxy) is 1. The lowest BCUT2D eigenvalue weighted by molar-refractivity contribution is 0.0406. The maximum Gasteiger partial charge on any atom is 0.238 e. The first kappa shape index (κ1) is 17.0. The Morgan fingerprint density at radius 3 is 2.81 bits per heavy atom. The van der Waals surface area contributed by atoms with Crippen molar-refractivity contribution in [3.63, 3.8) is 0 Å². The van der Waals surface area contributed by atoms with Gasteiger partial charge in [-0.3, -0.25) is 0 Å². The number of fused-ring (bicyclic) bond motifs is 1. The number of hydrogen-bond donors (Lipinski definition) is 2. The van der Waals surface area contributed by atoms with Gasteiger partial charge in [0.05, 0.1) is 28.6 Å². The van der Waals surface area contributed by atoms with E-state index in [2.05, 4.69) is 27.0 Å². The molecule has 4 rings (SSSR count). The molecular weight excluding hydrogens is 352 g/mol. The van der Waals surface area contributed by atoms with Gasteiger partial charge in [-0.25, -0.2) is 18.5 Å². The largest absolute Gasteiger partial charge is 0.374 e. The number of aromatic nitrogens is 2. The molecule has 2 heterocycles. The maximum absolute atomic E-state index is 11.5. The summed E-state index contributed by atoms with van der Waals surface area (Å²) in [5.41, 5.74) is 2.60.